The number of para-hydroxylation sites is 1. The zero-order valence-electron chi connectivity index (χ0n) is 15.7. The van der Waals surface area contributed by atoms with Gasteiger partial charge in [-0.1, -0.05) is 30.3 Å². The number of rotatable bonds is 8. The minimum atomic E-state index is -0.169. The van der Waals surface area contributed by atoms with Crippen LogP contribution >= 0.6 is 0 Å². The van der Waals surface area contributed by atoms with Crippen molar-refractivity contribution in [2.24, 2.45) is 0 Å². The maximum absolute atomic E-state index is 12.2. The standard InChI is InChI=1S/C22H23N3O3/c1-28-18-10-7-16(8-11-18)9-12-21(26)23-13-4-14-24-22(27)20-15-17-5-2-3-6-19(17)25-20/h2-3,5-12,15,25H,4,13-14H2,1H3,(H,23,26)(H,24,27)/b12-9+. The first-order valence-corrected chi connectivity index (χ1v) is 9.11. The topological polar surface area (TPSA) is 83.2 Å². The predicted octanol–water partition coefficient (Wildman–Crippen LogP) is 3.13. The molecular weight excluding hydrogens is 354 g/mol. The number of fused-ring (bicyclic) bond motifs is 1. The van der Waals surface area contributed by atoms with Crippen molar-refractivity contribution in [1.29, 1.82) is 0 Å². The van der Waals surface area contributed by atoms with Gasteiger partial charge >= 0.3 is 0 Å². The summed E-state index contributed by atoms with van der Waals surface area (Å²) < 4.78 is 5.10. The highest BCUT2D eigenvalue weighted by molar-refractivity contribution is 5.98. The monoisotopic (exact) mass is 377 g/mol. The third-order valence-corrected chi connectivity index (χ3v) is 4.26. The summed E-state index contributed by atoms with van der Waals surface area (Å²) in [6, 6.07) is 17.0. The number of benzene rings is 2. The van der Waals surface area contributed by atoms with Gasteiger partial charge in [-0.3, -0.25) is 9.59 Å². The molecule has 0 unspecified atom stereocenters. The molecule has 3 aromatic rings. The minimum absolute atomic E-state index is 0.151. The lowest BCUT2D eigenvalue weighted by molar-refractivity contribution is -0.116. The lowest BCUT2D eigenvalue weighted by Gasteiger charge is -2.04. The molecule has 0 aliphatic rings. The van der Waals surface area contributed by atoms with Gasteiger partial charge in [-0.15, -0.1) is 0 Å². The number of hydrogen-bond donors (Lipinski definition) is 3. The van der Waals surface area contributed by atoms with Gasteiger partial charge in [0.25, 0.3) is 5.91 Å². The zero-order valence-corrected chi connectivity index (χ0v) is 15.7. The second kappa shape index (κ2) is 9.41. The summed E-state index contributed by atoms with van der Waals surface area (Å²) in [4.78, 5) is 27.1. The predicted molar refractivity (Wildman–Crippen MR) is 110 cm³/mol. The Labute approximate surface area is 163 Å². The van der Waals surface area contributed by atoms with Crippen molar-refractivity contribution in [3.8, 4) is 5.75 Å². The molecule has 2 amide bonds. The molecule has 0 aliphatic carbocycles. The zero-order chi connectivity index (χ0) is 19.8. The van der Waals surface area contributed by atoms with Crippen LogP contribution in [0.4, 0.5) is 0 Å². The van der Waals surface area contributed by atoms with Crippen LogP contribution in [0.3, 0.4) is 0 Å². The van der Waals surface area contributed by atoms with Gasteiger partial charge in [-0.25, -0.2) is 0 Å². The molecule has 1 aromatic heterocycles. The largest absolute Gasteiger partial charge is 0.497 e. The molecule has 0 saturated heterocycles. The Bertz CT molecular complexity index is 941. The summed E-state index contributed by atoms with van der Waals surface area (Å²) >= 11 is 0. The van der Waals surface area contributed by atoms with Crippen LogP contribution < -0.4 is 15.4 Å². The number of aromatic nitrogens is 1. The van der Waals surface area contributed by atoms with E-state index in [0.717, 1.165) is 22.2 Å². The van der Waals surface area contributed by atoms with Gasteiger partial charge in [0.1, 0.15) is 11.4 Å². The highest BCUT2D eigenvalue weighted by Gasteiger charge is 2.08. The summed E-state index contributed by atoms with van der Waals surface area (Å²) in [6.07, 6.45) is 3.88. The number of methoxy groups -OCH3 is 1. The Morgan fingerprint density at radius 2 is 1.79 bits per heavy atom. The lowest BCUT2D eigenvalue weighted by atomic mass is 10.2. The number of ether oxygens (including phenoxy) is 1. The third-order valence-electron chi connectivity index (χ3n) is 4.26. The first-order valence-electron chi connectivity index (χ1n) is 9.11. The maximum Gasteiger partial charge on any atom is 0.267 e. The molecule has 144 valence electrons. The van der Waals surface area contributed by atoms with Gasteiger partial charge in [0.15, 0.2) is 0 Å². The van der Waals surface area contributed by atoms with Crippen molar-refractivity contribution >= 4 is 28.8 Å². The number of nitrogens with one attached hydrogen (secondary N) is 3. The van der Waals surface area contributed by atoms with E-state index in [9.17, 15) is 9.59 Å². The molecule has 3 rings (SSSR count). The maximum atomic E-state index is 12.2. The fourth-order valence-electron chi connectivity index (χ4n) is 2.74. The molecule has 1 heterocycles. The summed E-state index contributed by atoms with van der Waals surface area (Å²) in [7, 11) is 1.61. The summed E-state index contributed by atoms with van der Waals surface area (Å²) in [5, 5.41) is 6.66. The molecule has 0 atom stereocenters. The molecule has 6 nitrogen and oxygen atoms in total. The summed E-state index contributed by atoms with van der Waals surface area (Å²) in [5.41, 5.74) is 2.39. The second-order valence-electron chi connectivity index (χ2n) is 6.28. The molecule has 0 saturated carbocycles. The van der Waals surface area contributed by atoms with Crippen LogP contribution in [-0.2, 0) is 4.79 Å². The Balaban J connectivity index is 1.36. The van der Waals surface area contributed by atoms with Crippen molar-refractivity contribution < 1.29 is 14.3 Å². The van der Waals surface area contributed by atoms with Crippen LogP contribution in [0.25, 0.3) is 17.0 Å². The average molecular weight is 377 g/mol. The lowest BCUT2D eigenvalue weighted by Crippen LogP contribution is -2.29. The number of carbonyl (C=O) groups excluding carboxylic acids is 2. The van der Waals surface area contributed by atoms with Crippen LogP contribution in [0.2, 0.25) is 0 Å². The van der Waals surface area contributed by atoms with Crippen LogP contribution in [0, 0.1) is 0 Å². The Morgan fingerprint density at radius 1 is 1.04 bits per heavy atom. The van der Waals surface area contributed by atoms with Crippen LogP contribution in [0.1, 0.15) is 22.5 Å². The highest BCUT2D eigenvalue weighted by Crippen LogP contribution is 2.14. The van der Waals surface area contributed by atoms with E-state index in [1.807, 2.05) is 54.6 Å². The van der Waals surface area contributed by atoms with Crippen LogP contribution in [0.15, 0.2) is 60.7 Å². The van der Waals surface area contributed by atoms with E-state index in [1.54, 1.807) is 13.2 Å². The summed E-state index contributed by atoms with van der Waals surface area (Å²) in [5.74, 6) is 0.454. The van der Waals surface area contributed by atoms with Crippen molar-refractivity contribution in [3.63, 3.8) is 0 Å². The van der Waals surface area contributed by atoms with E-state index in [0.29, 0.717) is 25.2 Å². The SMILES string of the molecule is COc1ccc(/C=C/C(=O)NCCCNC(=O)c2cc3ccccc3[nH]2)cc1. The number of H-pyrrole nitrogens is 1. The van der Waals surface area contributed by atoms with E-state index in [4.69, 9.17) is 4.74 Å². The smallest absolute Gasteiger partial charge is 0.267 e. The third kappa shape index (κ3) is 5.23. The van der Waals surface area contributed by atoms with E-state index in [1.165, 1.54) is 6.08 Å². The van der Waals surface area contributed by atoms with E-state index in [-0.39, 0.29) is 11.8 Å². The normalized spacial score (nSPS) is 10.9. The Kier molecular flexibility index (Phi) is 6.46. The van der Waals surface area contributed by atoms with Gasteiger partial charge in [0, 0.05) is 30.1 Å². The number of amides is 2. The molecule has 0 radical (unpaired) electrons. The van der Waals surface area contributed by atoms with Crippen molar-refractivity contribution in [3.05, 3.63) is 71.9 Å². The minimum Gasteiger partial charge on any atom is -0.497 e. The van der Waals surface area contributed by atoms with Crippen molar-refractivity contribution in [2.45, 2.75) is 6.42 Å². The Morgan fingerprint density at radius 3 is 2.54 bits per heavy atom. The van der Waals surface area contributed by atoms with E-state index >= 15 is 0 Å². The Hall–Kier alpha value is -3.54. The van der Waals surface area contributed by atoms with Gasteiger partial charge in [-0.2, -0.15) is 0 Å². The van der Waals surface area contributed by atoms with Gasteiger partial charge in [-0.05, 0) is 42.3 Å². The van der Waals surface area contributed by atoms with E-state index in [2.05, 4.69) is 15.6 Å². The number of aromatic amines is 1. The number of hydrogen-bond acceptors (Lipinski definition) is 3. The fourth-order valence-corrected chi connectivity index (χ4v) is 2.74. The molecule has 0 bridgehead atoms. The van der Waals surface area contributed by atoms with Crippen molar-refractivity contribution in [2.75, 3.05) is 20.2 Å². The molecule has 0 fully saturated rings. The first kappa shape index (κ1) is 19.2. The number of carbonyl (C=O) groups is 2. The molecular formula is C22H23N3O3. The van der Waals surface area contributed by atoms with Crippen molar-refractivity contribution in [1.82, 2.24) is 15.6 Å². The molecule has 28 heavy (non-hydrogen) atoms. The molecule has 6 heteroatoms. The highest BCUT2D eigenvalue weighted by atomic mass is 16.5. The fraction of sp³-hybridized carbons (Fsp3) is 0.182. The van der Waals surface area contributed by atoms with Crippen LogP contribution in [0.5, 0.6) is 5.75 Å². The summed E-state index contributed by atoms with van der Waals surface area (Å²) in [6.45, 7) is 0.968. The van der Waals surface area contributed by atoms with Gasteiger partial charge in [0.05, 0.1) is 7.11 Å². The quantitative estimate of drug-likeness (QED) is 0.417. The molecule has 2 aromatic carbocycles. The van der Waals surface area contributed by atoms with Gasteiger partial charge in [0.2, 0.25) is 5.91 Å². The second-order valence-corrected chi connectivity index (χ2v) is 6.28. The van der Waals surface area contributed by atoms with E-state index < -0.39 is 0 Å². The first-order chi connectivity index (χ1) is 13.7. The molecule has 0 aliphatic heterocycles. The van der Waals surface area contributed by atoms with Crippen LogP contribution in [-0.4, -0.2) is 37.0 Å². The van der Waals surface area contributed by atoms with Gasteiger partial charge < -0.3 is 20.4 Å². The average Bonchev–Trinajstić information content (AvgIpc) is 3.16. The molecule has 3 N–H and O–H groups in total. The molecule has 0 spiro atoms.